The second-order valence-corrected chi connectivity index (χ2v) is 5.35. The standard InChI is InChI=1S/C13H22N4O/c1-9(14)12(10(2)18)11-7-17(8-16-11)6-5-13(3,4)15/h7-8H,5-6,14-15H2,1-4H3. The number of imidazole rings is 1. The van der Waals surface area contributed by atoms with Gasteiger partial charge in [0, 0.05) is 24.0 Å². The van der Waals surface area contributed by atoms with Crippen LogP contribution in [0, 0.1) is 0 Å². The van der Waals surface area contributed by atoms with Crippen LogP contribution in [0.1, 0.15) is 39.8 Å². The molecule has 4 N–H and O–H groups in total. The third-order valence-corrected chi connectivity index (χ3v) is 2.65. The monoisotopic (exact) mass is 250 g/mol. The first-order chi connectivity index (χ1) is 8.20. The average Bonchev–Trinajstić information content (AvgIpc) is 2.61. The van der Waals surface area contributed by atoms with E-state index in [4.69, 9.17) is 11.5 Å². The highest BCUT2D eigenvalue weighted by Gasteiger charge is 2.14. The largest absolute Gasteiger partial charge is 0.402 e. The number of hydrogen-bond acceptors (Lipinski definition) is 4. The Labute approximate surface area is 108 Å². The van der Waals surface area contributed by atoms with E-state index in [-0.39, 0.29) is 11.3 Å². The van der Waals surface area contributed by atoms with Crippen molar-refractivity contribution in [2.24, 2.45) is 11.5 Å². The number of nitrogens with zero attached hydrogens (tertiary/aromatic N) is 2. The summed E-state index contributed by atoms with van der Waals surface area (Å²) in [7, 11) is 0. The lowest BCUT2D eigenvalue weighted by molar-refractivity contribution is -0.111. The van der Waals surface area contributed by atoms with Crippen molar-refractivity contribution in [3.05, 3.63) is 23.9 Å². The smallest absolute Gasteiger partial charge is 0.163 e. The van der Waals surface area contributed by atoms with Gasteiger partial charge in [-0.2, -0.15) is 0 Å². The van der Waals surface area contributed by atoms with Gasteiger partial charge in [-0.3, -0.25) is 4.79 Å². The van der Waals surface area contributed by atoms with Crippen LogP contribution in [0.5, 0.6) is 0 Å². The predicted molar refractivity (Wildman–Crippen MR) is 72.6 cm³/mol. The van der Waals surface area contributed by atoms with E-state index in [1.165, 1.54) is 6.92 Å². The van der Waals surface area contributed by atoms with Crippen LogP contribution < -0.4 is 11.5 Å². The Kier molecular flexibility index (Phi) is 4.29. The second kappa shape index (κ2) is 5.35. The predicted octanol–water partition coefficient (Wildman–Crippen LogP) is 1.29. The topological polar surface area (TPSA) is 86.9 Å². The van der Waals surface area contributed by atoms with Gasteiger partial charge in [0.2, 0.25) is 0 Å². The van der Waals surface area contributed by atoms with Crippen molar-refractivity contribution in [2.75, 3.05) is 0 Å². The number of hydrogen-bond donors (Lipinski definition) is 2. The van der Waals surface area contributed by atoms with Crippen LogP contribution in [-0.4, -0.2) is 20.9 Å². The molecule has 1 heterocycles. The number of carbonyl (C=O) groups excluding carboxylic acids is 1. The first-order valence-corrected chi connectivity index (χ1v) is 5.99. The molecule has 0 fully saturated rings. The maximum atomic E-state index is 11.5. The van der Waals surface area contributed by atoms with Gasteiger partial charge in [-0.1, -0.05) is 0 Å². The Morgan fingerprint density at radius 1 is 1.44 bits per heavy atom. The van der Waals surface area contributed by atoms with Crippen molar-refractivity contribution in [3.8, 4) is 0 Å². The number of aromatic nitrogens is 2. The summed E-state index contributed by atoms with van der Waals surface area (Å²) in [5, 5.41) is 0. The number of Topliss-reactive ketones (excluding diaryl/α,β-unsaturated/α-hetero) is 1. The van der Waals surface area contributed by atoms with Crippen LogP contribution >= 0.6 is 0 Å². The Balaban J connectivity index is 2.87. The molecule has 1 aromatic rings. The van der Waals surface area contributed by atoms with Crippen molar-refractivity contribution in [1.29, 1.82) is 0 Å². The van der Waals surface area contributed by atoms with Gasteiger partial charge in [0.25, 0.3) is 0 Å². The third-order valence-electron chi connectivity index (χ3n) is 2.65. The number of nitrogens with two attached hydrogens (primary N) is 2. The molecule has 0 saturated heterocycles. The van der Waals surface area contributed by atoms with Crippen LogP contribution in [0.2, 0.25) is 0 Å². The molecular formula is C13H22N4O. The second-order valence-electron chi connectivity index (χ2n) is 5.35. The summed E-state index contributed by atoms with van der Waals surface area (Å²) in [4.78, 5) is 15.7. The fourth-order valence-corrected chi connectivity index (χ4v) is 1.69. The van der Waals surface area contributed by atoms with Crippen molar-refractivity contribution < 1.29 is 4.79 Å². The van der Waals surface area contributed by atoms with E-state index in [0.717, 1.165) is 13.0 Å². The van der Waals surface area contributed by atoms with Gasteiger partial charge >= 0.3 is 0 Å². The zero-order valence-corrected chi connectivity index (χ0v) is 11.5. The van der Waals surface area contributed by atoms with Crippen molar-refractivity contribution in [1.82, 2.24) is 9.55 Å². The zero-order valence-electron chi connectivity index (χ0n) is 11.5. The minimum absolute atomic E-state index is 0.0700. The summed E-state index contributed by atoms with van der Waals surface area (Å²) in [5.74, 6) is -0.0700. The Morgan fingerprint density at radius 3 is 2.50 bits per heavy atom. The zero-order chi connectivity index (χ0) is 13.9. The lowest BCUT2D eigenvalue weighted by atomic mass is 10.0. The molecule has 0 atom stereocenters. The molecule has 0 radical (unpaired) electrons. The molecule has 18 heavy (non-hydrogen) atoms. The lowest BCUT2D eigenvalue weighted by Crippen LogP contribution is -2.32. The minimum atomic E-state index is -0.215. The van der Waals surface area contributed by atoms with E-state index in [0.29, 0.717) is 17.0 Å². The Hall–Kier alpha value is -1.62. The summed E-state index contributed by atoms with van der Waals surface area (Å²) >= 11 is 0. The molecule has 0 aliphatic carbocycles. The number of ketones is 1. The fourth-order valence-electron chi connectivity index (χ4n) is 1.69. The van der Waals surface area contributed by atoms with Crippen LogP contribution in [0.3, 0.4) is 0 Å². The number of rotatable bonds is 5. The van der Waals surface area contributed by atoms with E-state index in [1.807, 2.05) is 24.6 Å². The van der Waals surface area contributed by atoms with E-state index >= 15 is 0 Å². The maximum absolute atomic E-state index is 11.5. The molecule has 5 heteroatoms. The van der Waals surface area contributed by atoms with Crippen molar-refractivity contribution in [2.45, 2.75) is 46.2 Å². The normalized spacial score (nSPS) is 13.4. The molecular weight excluding hydrogens is 228 g/mol. The van der Waals surface area contributed by atoms with Crippen molar-refractivity contribution >= 4 is 11.4 Å². The third kappa shape index (κ3) is 4.00. The van der Waals surface area contributed by atoms with Crippen molar-refractivity contribution in [3.63, 3.8) is 0 Å². The molecule has 0 saturated carbocycles. The minimum Gasteiger partial charge on any atom is -0.402 e. The molecule has 1 rings (SSSR count). The summed E-state index contributed by atoms with van der Waals surface area (Å²) < 4.78 is 1.93. The molecule has 100 valence electrons. The lowest BCUT2D eigenvalue weighted by Gasteiger charge is -2.18. The molecule has 0 aliphatic heterocycles. The molecule has 0 aromatic carbocycles. The highest BCUT2D eigenvalue weighted by molar-refractivity contribution is 6.19. The Morgan fingerprint density at radius 2 is 2.06 bits per heavy atom. The van der Waals surface area contributed by atoms with Gasteiger partial charge in [0.15, 0.2) is 5.78 Å². The summed E-state index contributed by atoms with van der Waals surface area (Å²) in [6.45, 7) is 7.93. The van der Waals surface area contributed by atoms with Gasteiger partial charge in [-0.25, -0.2) is 4.98 Å². The van der Waals surface area contributed by atoms with E-state index in [2.05, 4.69) is 4.98 Å². The quantitative estimate of drug-likeness (QED) is 0.771. The summed E-state index contributed by atoms with van der Waals surface area (Å²) in [6, 6.07) is 0. The van der Waals surface area contributed by atoms with E-state index < -0.39 is 0 Å². The molecule has 0 spiro atoms. The van der Waals surface area contributed by atoms with Gasteiger partial charge in [-0.15, -0.1) is 0 Å². The van der Waals surface area contributed by atoms with E-state index in [9.17, 15) is 4.79 Å². The molecule has 0 aliphatic rings. The maximum Gasteiger partial charge on any atom is 0.163 e. The first kappa shape index (κ1) is 14.4. The van der Waals surface area contributed by atoms with Crippen LogP contribution in [-0.2, 0) is 11.3 Å². The van der Waals surface area contributed by atoms with Gasteiger partial charge in [0.05, 0.1) is 17.6 Å². The number of aryl methyl sites for hydroxylation is 1. The highest BCUT2D eigenvalue weighted by Crippen LogP contribution is 2.16. The van der Waals surface area contributed by atoms with Gasteiger partial charge in [0.1, 0.15) is 0 Å². The Bertz CT molecular complexity index is 462. The van der Waals surface area contributed by atoms with Gasteiger partial charge < -0.3 is 16.0 Å². The molecule has 0 bridgehead atoms. The SMILES string of the molecule is CC(=O)C(=C(C)N)c1cn(CCC(C)(C)N)cn1. The fraction of sp³-hybridized carbons (Fsp3) is 0.538. The summed E-state index contributed by atoms with van der Waals surface area (Å²) in [6.07, 6.45) is 4.37. The van der Waals surface area contributed by atoms with Crippen LogP contribution in [0.15, 0.2) is 18.2 Å². The number of carbonyl (C=O) groups is 1. The summed E-state index contributed by atoms with van der Waals surface area (Å²) in [5.41, 5.74) is 13.0. The average molecular weight is 250 g/mol. The first-order valence-electron chi connectivity index (χ1n) is 5.99. The number of allylic oxidation sites excluding steroid dienone is 2. The van der Waals surface area contributed by atoms with E-state index in [1.54, 1.807) is 13.3 Å². The molecule has 1 aromatic heterocycles. The molecule has 5 nitrogen and oxygen atoms in total. The van der Waals surface area contributed by atoms with Gasteiger partial charge in [-0.05, 0) is 34.1 Å². The molecule has 0 amide bonds. The van der Waals surface area contributed by atoms with Crippen LogP contribution in [0.25, 0.3) is 5.57 Å². The highest BCUT2D eigenvalue weighted by atomic mass is 16.1. The van der Waals surface area contributed by atoms with Crippen LogP contribution in [0.4, 0.5) is 0 Å². The molecule has 0 unspecified atom stereocenters.